The van der Waals surface area contributed by atoms with Crippen molar-refractivity contribution in [3.05, 3.63) is 16.1 Å². The van der Waals surface area contributed by atoms with E-state index in [9.17, 15) is 0 Å². The Morgan fingerprint density at radius 2 is 2.21 bits per heavy atom. The zero-order valence-electron chi connectivity index (χ0n) is 9.34. The number of aromatic nitrogens is 1. The van der Waals surface area contributed by atoms with Gasteiger partial charge >= 0.3 is 0 Å². The maximum Gasteiger partial charge on any atom is 0.0898 e. The highest BCUT2D eigenvalue weighted by molar-refractivity contribution is 7.09. The highest BCUT2D eigenvalue weighted by Crippen LogP contribution is 2.20. The third-order valence-corrected chi connectivity index (χ3v) is 3.00. The van der Waals surface area contributed by atoms with Crippen molar-refractivity contribution in [2.24, 2.45) is 0 Å². The average Bonchev–Trinajstić information content (AvgIpc) is 2.59. The lowest BCUT2D eigenvalue weighted by Gasteiger charge is -2.15. The molecule has 0 saturated carbocycles. The van der Waals surface area contributed by atoms with Gasteiger partial charge in [0.05, 0.1) is 16.7 Å². The van der Waals surface area contributed by atoms with Gasteiger partial charge in [0.25, 0.3) is 0 Å². The van der Waals surface area contributed by atoms with Gasteiger partial charge in [0.15, 0.2) is 0 Å². The lowest BCUT2D eigenvalue weighted by atomic mass is 10.1. The first-order valence-corrected chi connectivity index (χ1v) is 6.31. The number of hydrogen-bond donors (Lipinski definition) is 1. The Labute approximate surface area is 90.8 Å². The Morgan fingerprint density at radius 3 is 2.71 bits per heavy atom. The summed E-state index contributed by atoms with van der Waals surface area (Å²) in [5, 5.41) is 6.89. The Balaban J connectivity index is 2.57. The molecule has 1 aromatic heterocycles. The van der Waals surface area contributed by atoms with Crippen LogP contribution in [0.3, 0.4) is 0 Å². The van der Waals surface area contributed by atoms with Gasteiger partial charge in [-0.1, -0.05) is 20.3 Å². The summed E-state index contributed by atoms with van der Waals surface area (Å²) in [6.45, 7) is 7.57. The van der Waals surface area contributed by atoms with Gasteiger partial charge in [-0.15, -0.1) is 11.3 Å². The van der Waals surface area contributed by atoms with Gasteiger partial charge in [0, 0.05) is 5.38 Å². The van der Waals surface area contributed by atoms with E-state index in [0.717, 1.165) is 6.54 Å². The first kappa shape index (κ1) is 11.7. The Morgan fingerprint density at radius 1 is 1.43 bits per heavy atom. The van der Waals surface area contributed by atoms with E-state index in [2.05, 4.69) is 36.5 Å². The molecule has 0 aliphatic carbocycles. The van der Waals surface area contributed by atoms with Crippen LogP contribution in [0, 0.1) is 6.92 Å². The van der Waals surface area contributed by atoms with Crippen LogP contribution >= 0.6 is 11.3 Å². The molecule has 2 nitrogen and oxygen atoms in total. The molecule has 14 heavy (non-hydrogen) atoms. The van der Waals surface area contributed by atoms with Crippen LogP contribution in [0.4, 0.5) is 0 Å². The molecule has 1 N–H and O–H groups in total. The number of aryl methyl sites for hydroxylation is 1. The number of thiazole rings is 1. The van der Waals surface area contributed by atoms with Gasteiger partial charge < -0.3 is 5.32 Å². The largest absolute Gasteiger partial charge is 0.309 e. The maximum atomic E-state index is 4.54. The molecule has 80 valence electrons. The van der Waals surface area contributed by atoms with Crippen LogP contribution in [0.15, 0.2) is 5.38 Å². The second-order valence-electron chi connectivity index (χ2n) is 3.59. The van der Waals surface area contributed by atoms with E-state index in [1.807, 2.05) is 0 Å². The predicted octanol–water partition coefficient (Wildman–Crippen LogP) is 3.29. The molecule has 0 spiro atoms. The van der Waals surface area contributed by atoms with Gasteiger partial charge in [0.1, 0.15) is 0 Å². The second kappa shape index (κ2) is 6.14. The fourth-order valence-corrected chi connectivity index (χ4v) is 2.17. The van der Waals surface area contributed by atoms with E-state index in [4.69, 9.17) is 0 Å². The molecule has 3 heteroatoms. The lowest BCUT2D eigenvalue weighted by Crippen LogP contribution is -2.22. The Hall–Kier alpha value is -0.410. The number of nitrogens with one attached hydrogen (secondary N) is 1. The third kappa shape index (κ3) is 3.39. The van der Waals surface area contributed by atoms with E-state index in [1.54, 1.807) is 11.3 Å². The van der Waals surface area contributed by atoms with Crippen LogP contribution in [-0.2, 0) is 0 Å². The van der Waals surface area contributed by atoms with Crippen molar-refractivity contribution in [3.8, 4) is 0 Å². The normalized spacial score (nSPS) is 13.1. The topological polar surface area (TPSA) is 24.9 Å². The monoisotopic (exact) mass is 212 g/mol. The third-order valence-electron chi connectivity index (χ3n) is 2.21. The minimum absolute atomic E-state index is 0.463. The summed E-state index contributed by atoms with van der Waals surface area (Å²) in [5.41, 5.74) is 1.22. The Kier molecular flexibility index (Phi) is 5.12. The molecule has 0 amide bonds. The van der Waals surface area contributed by atoms with E-state index < -0.39 is 0 Å². The van der Waals surface area contributed by atoms with E-state index in [1.165, 1.54) is 30.0 Å². The van der Waals surface area contributed by atoms with Crippen molar-refractivity contribution in [3.63, 3.8) is 0 Å². The highest BCUT2D eigenvalue weighted by atomic mass is 32.1. The van der Waals surface area contributed by atoms with Gasteiger partial charge in [-0.25, -0.2) is 4.98 Å². The van der Waals surface area contributed by atoms with Crippen LogP contribution in [0.5, 0.6) is 0 Å². The highest BCUT2D eigenvalue weighted by Gasteiger charge is 2.11. The smallest absolute Gasteiger partial charge is 0.0898 e. The van der Waals surface area contributed by atoms with Gasteiger partial charge in [-0.2, -0.15) is 0 Å². The summed E-state index contributed by atoms with van der Waals surface area (Å²) in [4.78, 5) is 4.54. The zero-order valence-corrected chi connectivity index (χ0v) is 10.2. The number of nitrogens with zero attached hydrogens (tertiary/aromatic N) is 1. The molecule has 0 aliphatic heterocycles. The average molecular weight is 212 g/mol. The van der Waals surface area contributed by atoms with E-state index in [-0.39, 0.29) is 0 Å². The molecular weight excluding hydrogens is 192 g/mol. The van der Waals surface area contributed by atoms with E-state index in [0.29, 0.717) is 6.04 Å². The van der Waals surface area contributed by atoms with E-state index >= 15 is 0 Å². The summed E-state index contributed by atoms with van der Waals surface area (Å²) >= 11 is 1.74. The fourth-order valence-electron chi connectivity index (χ4n) is 1.50. The summed E-state index contributed by atoms with van der Waals surface area (Å²) < 4.78 is 0. The molecule has 1 rings (SSSR count). The second-order valence-corrected chi connectivity index (χ2v) is 4.65. The summed E-state index contributed by atoms with van der Waals surface area (Å²) in [6, 6.07) is 0.463. The minimum atomic E-state index is 0.463. The Bertz CT molecular complexity index is 258. The molecule has 0 saturated heterocycles. The van der Waals surface area contributed by atoms with Crippen molar-refractivity contribution in [2.75, 3.05) is 6.54 Å². The van der Waals surface area contributed by atoms with Gasteiger partial charge in [-0.3, -0.25) is 0 Å². The summed E-state index contributed by atoms with van der Waals surface area (Å²) in [7, 11) is 0. The van der Waals surface area contributed by atoms with Crippen molar-refractivity contribution in [2.45, 2.75) is 46.1 Å². The SMILES string of the molecule is CCCNC(CCC)c1csc(C)n1. The van der Waals surface area contributed by atoms with Crippen LogP contribution in [0.1, 0.15) is 49.9 Å². The molecule has 1 heterocycles. The molecular formula is C11H20N2S. The van der Waals surface area contributed by atoms with Crippen LogP contribution in [-0.4, -0.2) is 11.5 Å². The molecule has 0 radical (unpaired) electrons. The molecule has 0 aromatic carbocycles. The van der Waals surface area contributed by atoms with Crippen molar-refractivity contribution < 1.29 is 0 Å². The number of rotatable bonds is 6. The van der Waals surface area contributed by atoms with Crippen LogP contribution in [0.2, 0.25) is 0 Å². The lowest BCUT2D eigenvalue weighted by molar-refractivity contribution is 0.485. The molecule has 0 fully saturated rings. The zero-order chi connectivity index (χ0) is 10.4. The molecule has 0 aliphatic rings. The predicted molar refractivity (Wildman–Crippen MR) is 62.8 cm³/mol. The quantitative estimate of drug-likeness (QED) is 0.782. The fraction of sp³-hybridized carbons (Fsp3) is 0.727. The molecule has 1 unspecified atom stereocenters. The minimum Gasteiger partial charge on any atom is -0.309 e. The van der Waals surface area contributed by atoms with Gasteiger partial charge in [-0.05, 0) is 26.3 Å². The van der Waals surface area contributed by atoms with Crippen molar-refractivity contribution >= 4 is 11.3 Å². The summed E-state index contributed by atoms with van der Waals surface area (Å²) in [6.07, 6.45) is 3.57. The maximum absolute atomic E-state index is 4.54. The van der Waals surface area contributed by atoms with Crippen molar-refractivity contribution in [1.82, 2.24) is 10.3 Å². The first-order chi connectivity index (χ1) is 6.77. The van der Waals surface area contributed by atoms with Crippen molar-refractivity contribution in [1.29, 1.82) is 0 Å². The summed E-state index contributed by atoms with van der Waals surface area (Å²) in [5.74, 6) is 0. The molecule has 1 aromatic rings. The molecule has 1 atom stereocenters. The standard InChI is InChI=1S/C11H20N2S/c1-4-6-10(12-7-5-2)11-8-14-9(3)13-11/h8,10,12H,4-7H2,1-3H3. The van der Waals surface area contributed by atoms with Crippen LogP contribution in [0.25, 0.3) is 0 Å². The number of hydrogen-bond acceptors (Lipinski definition) is 3. The molecule has 0 bridgehead atoms. The first-order valence-electron chi connectivity index (χ1n) is 5.43. The van der Waals surface area contributed by atoms with Gasteiger partial charge in [0.2, 0.25) is 0 Å². The van der Waals surface area contributed by atoms with Crippen LogP contribution < -0.4 is 5.32 Å².